The van der Waals surface area contributed by atoms with E-state index in [9.17, 15) is 23.1 Å². The summed E-state index contributed by atoms with van der Waals surface area (Å²) in [5, 5.41) is 9.28. The molecule has 5 nitrogen and oxygen atoms in total. The van der Waals surface area contributed by atoms with Crippen LogP contribution in [-0.4, -0.2) is 20.5 Å². The van der Waals surface area contributed by atoms with Gasteiger partial charge in [0.15, 0.2) is 17.1 Å². The molecule has 9 heteroatoms. The maximum atomic E-state index is 13.0. The molecule has 0 saturated heterocycles. The fraction of sp³-hybridized carbons (Fsp3) is 0.0769. The van der Waals surface area contributed by atoms with Crippen LogP contribution in [0.1, 0.15) is 16.1 Å². The van der Waals surface area contributed by atoms with Gasteiger partial charge in [0.25, 0.3) is 0 Å². The second-order valence-electron chi connectivity index (χ2n) is 4.33. The van der Waals surface area contributed by atoms with Gasteiger partial charge in [0.05, 0.1) is 16.8 Å². The summed E-state index contributed by atoms with van der Waals surface area (Å²) in [6.45, 7) is 0. The number of hydrogen-bond donors (Lipinski definition) is 1. The van der Waals surface area contributed by atoms with E-state index in [0.29, 0.717) is 0 Å². The summed E-state index contributed by atoms with van der Waals surface area (Å²) in [7, 11) is 0. The zero-order chi connectivity index (χ0) is 16.1. The van der Waals surface area contributed by atoms with Crippen LogP contribution in [0, 0.1) is 0 Å². The topological polar surface area (TPSA) is 67.7 Å². The number of imidazole rings is 1. The molecule has 3 aromatic rings. The molecule has 22 heavy (non-hydrogen) atoms. The molecular weight excluding hydrogens is 325 g/mol. The van der Waals surface area contributed by atoms with E-state index < -0.39 is 29.1 Å². The minimum absolute atomic E-state index is 0.0640. The fourth-order valence-electron chi connectivity index (χ4n) is 2.12. The molecule has 0 fully saturated rings. The zero-order valence-corrected chi connectivity index (χ0v) is 11.3. The van der Waals surface area contributed by atoms with E-state index in [2.05, 4.69) is 4.98 Å². The maximum Gasteiger partial charge on any atom is 0.419 e. The summed E-state index contributed by atoms with van der Waals surface area (Å²) in [4.78, 5) is 14.9. The minimum Gasteiger partial charge on any atom is -0.476 e. The lowest BCUT2D eigenvalue weighted by molar-refractivity contribution is -0.136. The van der Waals surface area contributed by atoms with E-state index in [1.54, 1.807) is 0 Å². The van der Waals surface area contributed by atoms with E-state index in [0.717, 1.165) is 16.5 Å². The van der Waals surface area contributed by atoms with Crippen molar-refractivity contribution in [3.05, 3.63) is 46.9 Å². The molecule has 3 aromatic heterocycles. The average molecular weight is 331 g/mol. The molecule has 0 unspecified atom stereocenters. The zero-order valence-electron chi connectivity index (χ0n) is 10.6. The van der Waals surface area contributed by atoms with Crippen molar-refractivity contribution in [2.75, 3.05) is 0 Å². The lowest BCUT2D eigenvalue weighted by Gasteiger charge is -2.08. The van der Waals surface area contributed by atoms with Crippen molar-refractivity contribution in [1.29, 1.82) is 0 Å². The molecule has 114 valence electrons. The lowest BCUT2D eigenvalue weighted by atomic mass is 10.2. The Morgan fingerprint density at radius 2 is 2.09 bits per heavy atom. The Labute approximate surface area is 125 Å². The van der Waals surface area contributed by atoms with Gasteiger partial charge in [0.2, 0.25) is 0 Å². The molecule has 3 heterocycles. The molecule has 3 rings (SSSR count). The standard InChI is InChI=1S/C13H6ClF3N2O3/c14-7-3-5-22-10(7)9-8(12(20)21)18-11-6(13(15,16)17)2-1-4-19(9)11/h1-5H,(H,20,21). The van der Waals surface area contributed by atoms with Crippen LogP contribution in [0.2, 0.25) is 5.02 Å². The number of aromatic carboxylic acids is 1. The van der Waals surface area contributed by atoms with Crippen LogP contribution in [0.4, 0.5) is 13.2 Å². The number of carbonyl (C=O) groups is 1. The van der Waals surface area contributed by atoms with Crippen molar-refractivity contribution in [1.82, 2.24) is 9.38 Å². The first-order valence-electron chi connectivity index (χ1n) is 5.85. The van der Waals surface area contributed by atoms with Gasteiger partial charge in [-0.1, -0.05) is 11.6 Å². The van der Waals surface area contributed by atoms with E-state index >= 15 is 0 Å². The number of hydrogen-bond acceptors (Lipinski definition) is 3. The molecule has 0 aliphatic rings. The van der Waals surface area contributed by atoms with Crippen LogP contribution >= 0.6 is 11.6 Å². The molecule has 0 saturated carbocycles. The third-order valence-corrected chi connectivity index (χ3v) is 3.29. The number of carboxylic acids is 1. The Morgan fingerprint density at radius 3 is 2.64 bits per heavy atom. The van der Waals surface area contributed by atoms with Gasteiger partial charge in [-0.05, 0) is 18.2 Å². The van der Waals surface area contributed by atoms with Crippen molar-refractivity contribution in [3.8, 4) is 11.5 Å². The molecular formula is C13H6ClF3N2O3. The van der Waals surface area contributed by atoms with Crippen molar-refractivity contribution >= 4 is 23.2 Å². The molecule has 0 amide bonds. The van der Waals surface area contributed by atoms with Gasteiger partial charge in [0, 0.05) is 6.20 Å². The van der Waals surface area contributed by atoms with Crippen LogP contribution in [0.25, 0.3) is 17.1 Å². The highest BCUT2D eigenvalue weighted by Gasteiger charge is 2.36. The van der Waals surface area contributed by atoms with E-state index in [1.165, 1.54) is 18.5 Å². The van der Waals surface area contributed by atoms with E-state index in [-0.39, 0.29) is 16.5 Å². The quantitative estimate of drug-likeness (QED) is 0.772. The number of aromatic nitrogens is 2. The van der Waals surface area contributed by atoms with Crippen molar-refractivity contribution in [3.63, 3.8) is 0 Å². The molecule has 0 spiro atoms. The number of alkyl halides is 3. The summed E-state index contributed by atoms with van der Waals surface area (Å²) >= 11 is 5.89. The third-order valence-electron chi connectivity index (χ3n) is 2.99. The molecule has 1 N–H and O–H groups in total. The largest absolute Gasteiger partial charge is 0.476 e. The number of carboxylic acid groups (broad SMARTS) is 1. The smallest absolute Gasteiger partial charge is 0.419 e. The highest BCUT2D eigenvalue weighted by molar-refractivity contribution is 6.33. The second kappa shape index (κ2) is 4.77. The molecule has 0 radical (unpaired) electrons. The number of pyridine rings is 1. The van der Waals surface area contributed by atoms with Crippen LogP contribution in [0.15, 0.2) is 35.1 Å². The van der Waals surface area contributed by atoms with Gasteiger partial charge in [0.1, 0.15) is 5.69 Å². The molecule has 0 aliphatic heterocycles. The highest BCUT2D eigenvalue weighted by atomic mass is 35.5. The number of halogens is 4. The second-order valence-corrected chi connectivity index (χ2v) is 4.73. The van der Waals surface area contributed by atoms with Gasteiger partial charge in [-0.3, -0.25) is 4.40 Å². The Bertz CT molecular complexity index is 882. The van der Waals surface area contributed by atoms with Gasteiger partial charge >= 0.3 is 12.1 Å². The summed E-state index contributed by atoms with van der Waals surface area (Å²) in [6.07, 6.45) is -2.21. The van der Waals surface area contributed by atoms with Gasteiger partial charge < -0.3 is 9.52 Å². The maximum absolute atomic E-state index is 13.0. The lowest BCUT2D eigenvalue weighted by Crippen LogP contribution is -2.07. The first-order valence-corrected chi connectivity index (χ1v) is 6.23. The molecule has 0 aromatic carbocycles. The van der Waals surface area contributed by atoms with Crippen molar-refractivity contribution in [2.45, 2.75) is 6.18 Å². The summed E-state index contributed by atoms with van der Waals surface area (Å²) in [5.41, 5.74) is -2.31. The van der Waals surface area contributed by atoms with E-state index in [1.807, 2.05) is 0 Å². The fourth-order valence-corrected chi connectivity index (χ4v) is 2.30. The monoisotopic (exact) mass is 330 g/mol. The van der Waals surface area contributed by atoms with Gasteiger partial charge in [-0.2, -0.15) is 13.2 Å². The third kappa shape index (κ3) is 2.12. The average Bonchev–Trinajstić information content (AvgIpc) is 2.99. The van der Waals surface area contributed by atoms with E-state index in [4.69, 9.17) is 16.0 Å². The van der Waals surface area contributed by atoms with Crippen molar-refractivity contribution in [2.24, 2.45) is 0 Å². The van der Waals surface area contributed by atoms with Crippen LogP contribution in [-0.2, 0) is 6.18 Å². The Kier molecular flexibility index (Phi) is 3.13. The Morgan fingerprint density at radius 1 is 1.36 bits per heavy atom. The van der Waals surface area contributed by atoms with Crippen LogP contribution in [0.5, 0.6) is 0 Å². The summed E-state index contributed by atoms with van der Waals surface area (Å²) in [5.74, 6) is -1.55. The number of nitrogens with zero attached hydrogens (tertiary/aromatic N) is 2. The van der Waals surface area contributed by atoms with Crippen molar-refractivity contribution < 1.29 is 27.5 Å². The molecule has 0 bridgehead atoms. The molecule has 0 aliphatic carbocycles. The number of rotatable bonds is 2. The van der Waals surface area contributed by atoms with Crippen LogP contribution in [0.3, 0.4) is 0 Å². The van der Waals surface area contributed by atoms with Gasteiger partial charge in [-0.25, -0.2) is 9.78 Å². The Hall–Kier alpha value is -2.48. The van der Waals surface area contributed by atoms with Crippen LogP contribution < -0.4 is 0 Å². The first-order chi connectivity index (χ1) is 10.3. The number of fused-ring (bicyclic) bond motifs is 1. The number of furan rings is 1. The Balaban J connectivity index is 2.43. The predicted molar refractivity (Wildman–Crippen MR) is 69.9 cm³/mol. The minimum atomic E-state index is -4.67. The van der Waals surface area contributed by atoms with Gasteiger partial charge in [-0.15, -0.1) is 0 Å². The normalized spacial score (nSPS) is 12.0. The highest BCUT2D eigenvalue weighted by Crippen LogP contribution is 2.37. The predicted octanol–water partition coefficient (Wildman–Crippen LogP) is 3.96. The first kappa shape index (κ1) is 14.5. The molecule has 0 atom stereocenters. The summed E-state index contributed by atoms with van der Waals surface area (Å²) < 4.78 is 45.2. The SMILES string of the molecule is O=C(O)c1nc2c(C(F)(F)F)cccn2c1-c1occc1Cl. The summed E-state index contributed by atoms with van der Waals surface area (Å²) in [6, 6.07) is 3.32.